The Morgan fingerprint density at radius 3 is 2.24 bits per heavy atom. The minimum atomic E-state index is -4.59. The maximum Gasteiger partial charge on any atom is 0.436 e. The summed E-state index contributed by atoms with van der Waals surface area (Å²) in [6.07, 6.45) is -5.03. The Labute approximate surface area is 150 Å². The van der Waals surface area contributed by atoms with Crippen LogP contribution in [0.15, 0.2) is 4.47 Å². The second-order valence-corrected chi connectivity index (χ2v) is 6.26. The van der Waals surface area contributed by atoms with Gasteiger partial charge in [0.1, 0.15) is 6.54 Å². The summed E-state index contributed by atoms with van der Waals surface area (Å²) >= 11 is 2.87. The molecule has 0 bridgehead atoms. The lowest BCUT2D eigenvalue weighted by Crippen LogP contribution is -2.51. The first kappa shape index (κ1) is 19.5. The lowest BCUT2D eigenvalue weighted by molar-refractivity contribution is -0.142. The first-order valence-corrected chi connectivity index (χ1v) is 8.44. The Bertz CT molecular complexity index is 654. The van der Waals surface area contributed by atoms with Crippen molar-refractivity contribution in [2.45, 2.75) is 26.6 Å². The number of nitrogens with zero attached hydrogens (tertiary/aromatic N) is 4. The van der Waals surface area contributed by atoms with Crippen LogP contribution in [0.25, 0.3) is 0 Å². The van der Waals surface area contributed by atoms with Crippen LogP contribution in [-0.4, -0.2) is 64.4 Å². The predicted octanol–water partition coefficient (Wildman–Crippen LogP) is 2.27. The zero-order valence-corrected chi connectivity index (χ0v) is 15.4. The van der Waals surface area contributed by atoms with Crippen LogP contribution in [0.4, 0.5) is 18.0 Å². The van der Waals surface area contributed by atoms with Gasteiger partial charge in [0.25, 0.3) is 0 Å². The van der Waals surface area contributed by atoms with E-state index in [1.165, 1.54) is 16.7 Å². The third kappa shape index (κ3) is 4.44. The number of alkyl halides is 3. The normalized spacial score (nSPS) is 15.4. The molecule has 0 aliphatic carbocycles. The highest BCUT2D eigenvalue weighted by Gasteiger charge is 2.38. The summed E-state index contributed by atoms with van der Waals surface area (Å²) in [4.78, 5) is 26.9. The number of carbonyl (C=O) groups is 2. The summed E-state index contributed by atoms with van der Waals surface area (Å²) in [5.74, 6) is -0.352. The van der Waals surface area contributed by atoms with Crippen LogP contribution >= 0.6 is 15.9 Å². The number of amides is 2. The van der Waals surface area contributed by atoms with E-state index >= 15 is 0 Å². The van der Waals surface area contributed by atoms with Crippen molar-refractivity contribution in [3.05, 3.63) is 15.9 Å². The van der Waals surface area contributed by atoms with E-state index in [4.69, 9.17) is 4.74 Å². The second-order valence-electron chi connectivity index (χ2n) is 5.47. The van der Waals surface area contributed by atoms with E-state index < -0.39 is 18.0 Å². The number of piperazine rings is 1. The van der Waals surface area contributed by atoms with Crippen LogP contribution in [0.5, 0.6) is 0 Å². The number of aromatic nitrogens is 2. The van der Waals surface area contributed by atoms with Crippen molar-refractivity contribution in [1.29, 1.82) is 0 Å². The highest BCUT2D eigenvalue weighted by molar-refractivity contribution is 9.10. The third-order valence-corrected chi connectivity index (χ3v) is 4.79. The second kappa shape index (κ2) is 7.63. The lowest BCUT2D eigenvalue weighted by Gasteiger charge is -2.34. The highest BCUT2D eigenvalue weighted by Crippen LogP contribution is 2.35. The predicted molar refractivity (Wildman–Crippen MR) is 84.8 cm³/mol. The number of hydrogen-bond donors (Lipinski definition) is 0. The first-order valence-electron chi connectivity index (χ1n) is 7.64. The minimum Gasteiger partial charge on any atom is -0.450 e. The van der Waals surface area contributed by atoms with Crippen molar-refractivity contribution in [3.63, 3.8) is 0 Å². The zero-order valence-electron chi connectivity index (χ0n) is 13.8. The van der Waals surface area contributed by atoms with Crippen LogP contribution in [0.3, 0.4) is 0 Å². The molecule has 1 saturated heterocycles. The molecule has 0 unspecified atom stereocenters. The van der Waals surface area contributed by atoms with Gasteiger partial charge in [-0.2, -0.15) is 18.3 Å². The molecule has 0 aromatic carbocycles. The molecule has 0 spiro atoms. The molecular weight excluding hydrogens is 409 g/mol. The zero-order chi connectivity index (χ0) is 18.8. The van der Waals surface area contributed by atoms with Crippen molar-refractivity contribution in [3.8, 4) is 0 Å². The highest BCUT2D eigenvalue weighted by atomic mass is 79.9. The van der Waals surface area contributed by atoms with E-state index in [-0.39, 0.29) is 29.2 Å². The summed E-state index contributed by atoms with van der Waals surface area (Å²) in [6.45, 7) is 4.37. The topological polar surface area (TPSA) is 67.7 Å². The molecule has 0 N–H and O–H groups in total. The molecule has 0 atom stereocenters. The van der Waals surface area contributed by atoms with Crippen LogP contribution in [0.2, 0.25) is 0 Å². The van der Waals surface area contributed by atoms with Crippen LogP contribution in [0.1, 0.15) is 18.3 Å². The fourth-order valence-corrected chi connectivity index (χ4v) is 2.95. The molecule has 140 valence electrons. The van der Waals surface area contributed by atoms with E-state index in [9.17, 15) is 22.8 Å². The van der Waals surface area contributed by atoms with E-state index in [0.717, 1.165) is 4.68 Å². The average Bonchev–Trinajstić information content (AvgIpc) is 2.83. The number of ether oxygens (including phenoxy) is 1. The summed E-state index contributed by atoms with van der Waals surface area (Å²) in [5.41, 5.74) is -0.823. The molecule has 1 aliphatic heterocycles. The van der Waals surface area contributed by atoms with Gasteiger partial charge in [-0.1, -0.05) is 0 Å². The average molecular weight is 427 g/mol. The van der Waals surface area contributed by atoms with E-state index in [2.05, 4.69) is 21.0 Å². The van der Waals surface area contributed by atoms with Crippen LogP contribution < -0.4 is 0 Å². The van der Waals surface area contributed by atoms with Gasteiger partial charge in [0.15, 0.2) is 5.69 Å². The van der Waals surface area contributed by atoms with Crippen molar-refractivity contribution >= 4 is 27.9 Å². The fourth-order valence-electron chi connectivity index (χ4n) is 2.44. The maximum atomic E-state index is 12.9. The first-order chi connectivity index (χ1) is 11.6. The van der Waals surface area contributed by atoms with Crippen molar-refractivity contribution in [1.82, 2.24) is 19.6 Å². The summed E-state index contributed by atoms with van der Waals surface area (Å²) in [5, 5.41) is 3.50. The van der Waals surface area contributed by atoms with Crippen LogP contribution in [-0.2, 0) is 22.3 Å². The molecule has 1 aromatic rings. The molecule has 11 heteroatoms. The Morgan fingerprint density at radius 1 is 1.20 bits per heavy atom. The summed E-state index contributed by atoms with van der Waals surface area (Å²) in [7, 11) is 0. The van der Waals surface area contributed by atoms with Gasteiger partial charge in [-0.25, -0.2) is 4.79 Å². The number of rotatable bonds is 3. The molecule has 2 rings (SSSR count). The van der Waals surface area contributed by atoms with Crippen molar-refractivity contribution in [2.75, 3.05) is 32.8 Å². The SMILES string of the molecule is CCOC(=O)N1CCN(C(=O)Cn2nc(C(F)(F)F)c(Br)c2C)CC1. The summed E-state index contributed by atoms with van der Waals surface area (Å²) < 4.78 is 44.4. The van der Waals surface area contributed by atoms with E-state index in [1.54, 1.807) is 6.92 Å². The molecule has 0 saturated carbocycles. The summed E-state index contributed by atoms with van der Waals surface area (Å²) in [6, 6.07) is 0. The van der Waals surface area contributed by atoms with Gasteiger partial charge < -0.3 is 14.5 Å². The van der Waals surface area contributed by atoms with Gasteiger partial charge in [0.2, 0.25) is 5.91 Å². The van der Waals surface area contributed by atoms with Gasteiger partial charge >= 0.3 is 12.3 Å². The standard InChI is InChI=1S/C14H18BrF3N4O3/c1-3-25-13(24)21-6-4-20(5-7-21)10(23)8-22-9(2)11(15)12(19-22)14(16,17)18/h3-8H2,1-2H3. The van der Waals surface area contributed by atoms with Gasteiger partial charge in [-0.15, -0.1) is 0 Å². The molecule has 25 heavy (non-hydrogen) atoms. The molecule has 0 radical (unpaired) electrons. The molecule has 1 fully saturated rings. The van der Waals surface area contributed by atoms with E-state index in [1.807, 2.05) is 0 Å². The van der Waals surface area contributed by atoms with Gasteiger partial charge in [-0.3, -0.25) is 9.48 Å². The largest absolute Gasteiger partial charge is 0.450 e. The minimum absolute atomic E-state index is 0.167. The maximum absolute atomic E-state index is 12.9. The molecule has 7 nitrogen and oxygen atoms in total. The molecule has 2 amide bonds. The smallest absolute Gasteiger partial charge is 0.436 e. The van der Waals surface area contributed by atoms with Gasteiger partial charge in [0.05, 0.1) is 16.8 Å². The van der Waals surface area contributed by atoms with Crippen molar-refractivity contribution in [2.24, 2.45) is 0 Å². The number of halogens is 4. The monoisotopic (exact) mass is 426 g/mol. The Kier molecular flexibility index (Phi) is 5.96. The quantitative estimate of drug-likeness (QED) is 0.743. The molecule has 1 aliphatic rings. The Morgan fingerprint density at radius 2 is 1.76 bits per heavy atom. The fraction of sp³-hybridized carbons (Fsp3) is 0.643. The number of hydrogen-bond acceptors (Lipinski definition) is 4. The lowest BCUT2D eigenvalue weighted by atomic mass is 10.3. The van der Waals surface area contributed by atoms with Crippen molar-refractivity contribution < 1.29 is 27.5 Å². The van der Waals surface area contributed by atoms with Crippen LogP contribution in [0, 0.1) is 6.92 Å². The Balaban J connectivity index is 1.99. The van der Waals surface area contributed by atoms with E-state index in [0.29, 0.717) is 26.2 Å². The van der Waals surface area contributed by atoms with Gasteiger partial charge in [-0.05, 0) is 29.8 Å². The number of carbonyl (C=O) groups excluding carboxylic acids is 2. The van der Waals surface area contributed by atoms with Gasteiger partial charge in [0, 0.05) is 26.2 Å². The Hall–Kier alpha value is -1.78. The molecule has 1 aromatic heterocycles. The molecule has 2 heterocycles. The molecular formula is C14H18BrF3N4O3. The third-order valence-electron chi connectivity index (χ3n) is 3.85.